The topological polar surface area (TPSA) is 57.1 Å². The lowest BCUT2D eigenvalue weighted by Crippen LogP contribution is -2.05. The molecule has 4 rings (SSSR count). The van der Waals surface area contributed by atoms with Gasteiger partial charge in [-0.2, -0.15) is 0 Å². The number of rotatable bonds is 6. The molecule has 0 fully saturated rings. The molecule has 0 N–H and O–H groups in total. The van der Waals surface area contributed by atoms with Crippen LogP contribution in [0.1, 0.15) is 16.7 Å². The fourth-order valence-electron chi connectivity index (χ4n) is 3.07. The van der Waals surface area contributed by atoms with Gasteiger partial charge in [-0.25, -0.2) is 9.79 Å². The summed E-state index contributed by atoms with van der Waals surface area (Å²) in [4.78, 5) is 16.7. The van der Waals surface area contributed by atoms with Gasteiger partial charge in [-0.1, -0.05) is 46.9 Å². The summed E-state index contributed by atoms with van der Waals surface area (Å²) in [5, 5.41) is 1.37. The fraction of sp³-hybridized carbons (Fsp3) is 0.0833. The molecule has 0 saturated heterocycles. The molecule has 0 aliphatic carbocycles. The molecule has 0 saturated carbocycles. The lowest BCUT2D eigenvalue weighted by molar-refractivity contribution is -0.129. The number of aliphatic imine (C=N–C) groups is 1. The molecule has 3 aromatic rings. The first-order valence-corrected chi connectivity index (χ1v) is 11.5. The molecule has 0 unspecified atom stereocenters. The number of cyclic esters (lactones) is 1. The van der Waals surface area contributed by atoms with E-state index < -0.39 is 5.97 Å². The van der Waals surface area contributed by atoms with Gasteiger partial charge in [0, 0.05) is 10.6 Å². The Labute approximate surface area is 213 Å². The number of esters is 1. The Kier molecular flexibility index (Phi) is 7.29. The van der Waals surface area contributed by atoms with Crippen molar-refractivity contribution in [3.63, 3.8) is 0 Å². The normalized spacial score (nSPS) is 14.3. The van der Waals surface area contributed by atoms with Crippen LogP contribution >= 0.6 is 50.7 Å². The number of halogens is 4. The van der Waals surface area contributed by atoms with Crippen LogP contribution in [0.4, 0.5) is 0 Å². The van der Waals surface area contributed by atoms with Crippen LogP contribution in [0.2, 0.25) is 15.1 Å². The molecule has 0 aromatic heterocycles. The van der Waals surface area contributed by atoms with E-state index in [0.717, 1.165) is 5.56 Å². The third kappa shape index (κ3) is 5.53. The standard InChI is InChI=1S/C24H15BrCl3NO4/c1-31-21-10-14(8-17(25)22(21)32-12-13-3-2-4-16(26)7-13)9-20-24(30)33-23(29-20)15-5-6-18(27)19(28)11-15/h2-11H,12H2,1H3/b20-9-. The molecule has 33 heavy (non-hydrogen) atoms. The van der Waals surface area contributed by atoms with Crippen molar-refractivity contribution in [1.82, 2.24) is 0 Å². The van der Waals surface area contributed by atoms with Gasteiger partial charge in [0.2, 0.25) is 5.90 Å². The minimum Gasteiger partial charge on any atom is -0.493 e. The number of hydrogen-bond donors (Lipinski definition) is 0. The van der Waals surface area contributed by atoms with Crippen LogP contribution in [0, 0.1) is 0 Å². The number of nitrogens with zero attached hydrogens (tertiary/aromatic N) is 1. The summed E-state index contributed by atoms with van der Waals surface area (Å²) in [5.41, 5.74) is 2.27. The van der Waals surface area contributed by atoms with Gasteiger partial charge in [0.05, 0.1) is 21.6 Å². The van der Waals surface area contributed by atoms with Gasteiger partial charge in [-0.05, 0) is 75.6 Å². The van der Waals surface area contributed by atoms with E-state index in [1.54, 1.807) is 42.5 Å². The average Bonchev–Trinajstić information content (AvgIpc) is 3.14. The Balaban J connectivity index is 1.59. The first kappa shape index (κ1) is 23.6. The summed E-state index contributed by atoms with van der Waals surface area (Å²) < 4.78 is 17.4. The van der Waals surface area contributed by atoms with Crippen molar-refractivity contribution in [2.45, 2.75) is 6.61 Å². The lowest BCUT2D eigenvalue weighted by atomic mass is 10.1. The number of hydrogen-bond acceptors (Lipinski definition) is 5. The van der Waals surface area contributed by atoms with E-state index in [1.165, 1.54) is 7.11 Å². The number of methoxy groups -OCH3 is 1. The minimum absolute atomic E-state index is 0.137. The fourth-order valence-corrected chi connectivity index (χ4v) is 4.15. The molecule has 9 heteroatoms. The molecular formula is C24H15BrCl3NO4. The van der Waals surface area contributed by atoms with Crippen LogP contribution in [0.25, 0.3) is 6.08 Å². The summed E-state index contributed by atoms with van der Waals surface area (Å²) in [6, 6.07) is 15.8. The minimum atomic E-state index is -0.576. The maximum atomic E-state index is 12.4. The molecule has 0 spiro atoms. The second kappa shape index (κ2) is 10.2. The molecule has 0 amide bonds. The van der Waals surface area contributed by atoms with Gasteiger partial charge in [-0.3, -0.25) is 0 Å². The first-order chi connectivity index (χ1) is 15.8. The van der Waals surface area contributed by atoms with Crippen molar-refractivity contribution < 1.29 is 19.0 Å². The molecule has 0 bridgehead atoms. The zero-order chi connectivity index (χ0) is 23.5. The average molecular weight is 568 g/mol. The highest BCUT2D eigenvalue weighted by Gasteiger charge is 2.25. The smallest absolute Gasteiger partial charge is 0.363 e. The van der Waals surface area contributed by atoms with Crippen LogP contribution in [0.5, 0.6) is 11.5 Å². The van der Waals surface area contributed by atoms with E-state index in [0.29, 0.717) is 48.8 Å². The molecule has 1 aliphatic heterocycles. The van der Waals surface area contributed by atoms with Gasteiger partial charge in [0.25, 0.3) is 0 Å². The van der Waals surface area contributed by atoms with Crippen LogP contribution in [0.3, 0.4) is 0 Å². The molecule has 5 nitrogen and oxygen atoms in total. The number of ether oxygens (including phenoxy) is 3. The molecular weight excluding hydrogens is 553 g/mol. The predicted molar refractivity (Wildman–Crippen MR) is 134 cm³/mol. The molecule has 0 atom stereocenters. The third-order valence-corrected chi connectivity index (χ3v) is 6.18. The summed E-state index contributed by atoms with van der Waals surface area (Å²) in [6.07, 6.45) is 1.60. The quantitative estimate of drug-likeness (QED) is 0.231. The van der Waals surface area contributed by atoms with Crippen LogP contribution in [-0.2, 0) is 16.1 Å². The maximum Gasteiger partial charge on any atom is 0.363 e. The van der Waals surface area contributed by atoms with Gasteiger partial charge in [0.1, 0.15) is 6.61 Å². The van der Waals surface area contributed by atoms with Crippen LogP contribution in [-0.4, -0.2) is 19.0 Å². The highest BCUT2D eigenvalue weighted by molar-refractivity contribution is 9.10. The molecule has 1 heterocycles. The van der Waals surface area contributed by atoms with Gasteiger partial charge >= 0.3 is 5.97 Å². The molecule has 1 aliphatic rings. The highest BCUT2D eigenvalue weighted by atomic mass is 79.9. The van der Waals surface area contributed by atoms with Crippen molar-refractivity contribution in [2.75, 3.05) is 7.11 Å². The van der Waals surface area contributed by atoms with Crippen LogP contribution < -0.4 is 9.47 Å². The second-order valence-corrected chi connectivity index (χ2v) is 9.02. The van der Waals surface area contributed by atoms with Crippen molar-refractivity contribution in [1.29, 1.82) is 0 Å². The second-order valence-electron chi connectivity index (χ2n) is 6.92. The lowest BCUT2D eigenvalue weighted by Gasteiger charge is -2.14. The largest absolute Gasteiger partial charge is 0.493 e. The van der Waals surface area contributed by atoms with Crippen molar-refractivity contribution >= 4 is 68.7 Å². The van der Waals surface area contributed by atoms with Gasteiger partial charge < -0.3 is 14.2 Å². The first-order valence-electron chi connectivity index (χ1n) is 9.57. The summed E-state index contributed by atoms with van der Waals surface area (Å²) in [7, 11) is 1.54. The summed E-state index contributed by atoms with van der Waals surface area (Å²) >= 11 is 21.6. The summed E-state index contributed by atoms with van der Waals surface area (Å²) in [5.74, 6) is 0.580. The molecule has 168 valence electrons. The Morgan fingerprint density at radius 3 is 2.61 bits per heavy atom. The number of carbonyl (C=O) groups excluding carboxylic acids is 1. The summed E-state index contributed by atoms with van der Waals surface area (Å²) in [6.45, 7) is 0.305. The Morgan fingerprint density at radius 1 is 1.06 bits per heavy atom. The van der Waals surface area contributed by atoms with E-state index >= 15 is 0 Å². The SMILES string of the molecule is COc1cc(/C=C2\N=C(c3ccc(Cl)c(Cl)c3)OC2=O)cc(Br)c1OCc1cccc(Cl)c1. The molecule has 0 radical (unpaired) electrons. The number of benzene rings is 3. The van der Waals surface area contributed by atoms with Crippen molar-refractivity contribution in [2.24, 2.45) is 4.99 Å². The van der Waals surface area contributed by atoms with E-state index in [2.05, 4.69) is 20.9 Å². The monoisotopic (exact) mass is 565 g/mol. The third-order valence-electron chi connectivity index (χ3n) is 4.61. The number of carbonyl (C=O) groups is 1. The van der Waals surface area contributed by atoms with Crippen LogP contribution in [0.15, 0.2) is 69.8 Å². The van der Waals surface area contributed by atoms with E-state index in [1.807, 2.05) is 18.2 Å². The Bertz CT molecular complexity index is 1310. The molecule has 3 aromatic carbocycles. The Hall–Kier alpha value is -2.51. The van der Waals surface area contributed by atoms with E-state index in [4.69, 9.17) is 49.0 Å². The van der Waals surface area contributed by atoms with E-state index in [-0.39, 0.29) is 11.6 Å². The van der Waals surface area contributed by atoms with E-state index in [9.17, 15) is 4.79 Å². The highest BCUT2D eigenvalue weighted by Crippen LogP contribution is 2.38. The Morgan fingerprint density at radius 2 is 1.88 bits per heavy atom. The zero-order valence-electron chi connectivity index (χ0n) is 17.1. The van der Waals surface area contributed by atoms with Crippen molar-refractivity contribution in [3.05, 3.63) is 96.5 Å². The van der Waals surface area contributed by atoms with Crippen molar-refractivity contribution in [3.8, 4) is 11.5 Å². The van der Waals surface area contributed by atoms with Gasteiger partial charge in [0.15, 0.2) is 17.2 Å². The maximum absolute atomic E-state index is 12.4. The predicted octanol–water partition coefficient (Wildman–Crippen LogP) is 7.34. The zero-order valence-corrected chi connectivity index (χ0v) is 20.9. The van der Waals surface area contributed by atoms with Gasteiger partial charge in [-0.15, -0.1) is 0 Å².